The fourth-order valence-electron chi connectivity index (χ4n) is 3.52. The van der Waals surface area contributed by atoms with Crippen LogP contribution in [0, 0.1) is 0 Å². The lowest BCUT2D eigenvalue weighted by Crippen LogP contribution is -2.23. The molecule has 4 rings (SSSR count). The SMILES string of the molecule is COCCn1cncc1Cn1cnc2sc3c(c2c1=O)CCCCC3. The fourth-order valence-corrected chi connectivity index (χ4v) is 4.74. The molecule has 25 heavy (non-hydrogen) atoms. The lowest BCUT2D eigenvalue weighted by atomic mass is 10.1. The third-order valence-electron chi connectivity index (χ3n) is 4.86. The molecule has 0 bridgehead atoms. The van der Waals surface area contributed by atoms with Gasteiger partial charge in [-0.15, -0.1) is 11.3 Å². The predicted molar refractivity (Wildman–Crippen MR) is 98.3 cm³/mol. The molecule has 0 unspecified atom stereocenters. The maximum absolute atomic E-state index is 13.1. The number of aromatic nitrogens is 4. The number of ether oxygens (including phenoxy) is 1. The second-order valence-corrected chi connectivity index (χ2v) is 7.58. The van der Waals surface area contributed by atoms with Crippen molar-refractivity contribution in [1.82, 2.24) is 19.1 Å². The third-order valence-corrected chi connectivity index (χ3v) is 6.06. The summed E-state index contributed by atoms with van der Waals surface area (Å²) in [6.45, 7) is 1.83. The molecule has 0 aromatic carbocycles. The Labute approximate surface area is 150 Å². The number of rotatable bonds is 5. The van der Waals surface area contributed by atoms with Crippen LogP contribution in [0.25, 0.3) is 10.2 Å². The highest BCUT2D eigenvalue weighted by molar-refractivity contribution is 7.18. The maximum Gasteiger partial charge on any atom is 0.262 e. The quantitative estimate of drug-likeness (QED) is 0.658. The molecule has 0 amide bonds. The summed E-state index contributed by atoms with van der Waals surface area (Å²) in [4.78, 5) is 24.1. The van der Waals surface area contributed by atoms with Gasteiger partial charge in [0.05, 0.1) is 36.9 Å². The molecule has 3 heterocycles. The van der Waals surface area contributed by atoms with Crippen molar-refractivity contribution < 1.29 is 4.74 Å². The number of hydrogen-bond acceptors (Lipinski definition) is 5. The van der Waals surface area contributed by atoms with Gasteiger partial charge >= 0.3 is 0 Å². The van der Waals surface area contributed by atoms with Gasteiger partial charge in [0.1, 0.15) is 4.83 Å². The summed E-state index contributed by atoms with van der Waals surface area (Å²) in [7, 11) is 1.68. The van der Waals surface area contributed by atoms with E-state index in [2.05, 4.69) is 9.97 Å². The summed E-state index contributed by atoms with van der Waals surface area (Å²) in [6, 6.07) is 0. The normalized spacial score (nSPS) is 14.6. The van der Waals surface area contributed by atoms with Gasteiger partial charge in [0.15, 0.2) is 0 Å². The van der Waals surface area contributed by atoms with Crippen molar-refractivity contribution in [2.24, 2.45) is 0 Å². The van der Waals surface area contributed by atoms with Crippen LogP contribution in [0.2, 0.25) is 0 Å². The molecule has 3 aromatic heterocycles. The molecule has 1 aliphatic carbocycles. The number of fused-ring (bicyclic) bond motifs is 3. The standard InChI is InChI=1S/C18H22N4O2S/c1-24-8-7-21-11-19-9-13(21)10-22-12-20-17-16(18(22)23)14-5-3-2-4-6-15(14)25-17/h9,11-12H,2-8,10H2,1H3. The zero-order valence-electron chi connectivity index (χ0n) is 14.4. The van der Waals surface area contributed by atoms with Crippen LogP contribution in [0.3, 0.4) is 0 Å². The van der Waals surface area contributed by atoms with Crippen molar-refractivity contribution in [3.05, 3.63) is 45.3 Å². The summed E-state index contributed by atoms with van der Waals surface area (Å²) >= 11 is 1.70. The molecule has 0 spiro atoms. The minimum absolute atomic E-state index is 0.0730. The van der Waals surface area contributed by atoms with Gasteiger partial charge in [0, 0.05) is 24.7 Å². The van der Waals surface area contributed by atoms with E-state index in [9.17, 15) is 4.79 Å². The lowest BCUT2D eigenvalue weighted by Gasteiger charge is -2.09. The van der Waals surface area contributed by atoms with E-state index in [0.717, 1.165) is 41.7 Å². The van der Waals surface area contributed by atoms with Gasteiger partial charge in [-0.1, -0.05) is 6.42 Å². The van der Waals surface area contributed by atoms with Crippen LogP contribution in [0.4, 0.5) is 0 Å². The Bertz CT molecular complexity index is 940. The molecule has 132 valence electrons. The van der Waals surface area contributed by atoms with Crippen LogP contribution < -0.4 is 5.56 Å². The molecule has 1 aliphatic rings. The summed E-state index contributed by atoms with van der Waals surface area (Å²) < 4.78 is 8.87. The number of thiophene rings is 1. The number of aryl methyl sites for hydroxylation is 2. The van der Waals surface area contributed by atoms with Gasteiger partial charge in [-0.05, 0) is 31.2 Å². The van der Waals surface area contributed by atoms with E-state index in [0.29, 0.717) is 13.2 Å². The second-order valence-electron chi connectivity index (χ2n) is 6.49. The number of hydrogen-bond donors (Lipinski definition) is 0. The second kappa shape index (κ2) is 7.09. The van der Waals surface area contributed by atoms with Crippen molar-refractivity contribution in [2.45, 2.75) is 45.2 Å². The molecule has 0 fully saturated rings. The molecular weight excluding hydrogens is 336 g/mol. The fraction of sp³-hybridized carbons (Fsp3) is 0.500. The van der Waals surface area contributed by atoms with Crippen LogP contribution in [0.1, 0.15) is 35.4 Å². The summed E-state index contributed by atoms with van der Waals surface area (Å²) in [5.41, 5.74) is 2.31. The lowest BCUT2D eigenvalue weighted by molar-refractivity contribution is 0.186. The molecular formula is C18H22N4O2S. The van der Waals surface area contributed by atoms with E-state index in [1.165, 1.54) is 23.3 Å². The zero-order chi connectivity index (χ0) is 17.2. The Morgan fingerprint density at radius 2 is 2.08 bits per heavy atom. The Morgan fingerprint density at radius 1 is 1.20 bits per heavy atom. The van der Waals surface area contributed by atoms with Gasteiger partial charge in [-0.2, -0.15) is 0 Å². The molecule has 0 atom stereocenters. The summed E-state index contributed by atoms with van der Waals surface area (Å²) in [5, 5.41) is 0.840. The third kappa shape index (κ3) is 3.14. The van der Waals surface area contributed by atoms with Crippen LogP contribution in [-0.4, -0.2) is 32.8 Å². The Morgan fingerprint density at radius 3 is 2.96 bits per heavy atom. The van der Waals surface area contributed by atoms with Crippen molar-refractivity contribution in [3.63, 3.8) is 0 Å². The molecule has 7 heteroatoms. The smallest absolute Gasteiger partial charge is 0.262 e. The first-order chi connectivity index (χ1) is 12.3. The van der Waals surface area contributed by atoms with Crippen LogP contribution in [0.15, 0.2) is 23.6 Å². The van der Waals surface area contributed by atoms with Gasteiger partial charge in [0.25, 0.3) is 5.56 Å². The minimum Gasteiger partial charge on any atom is -0.383 e. The van der Waals surface area contributed by atoms with Crippen molar-refractivity contribution >= 4 is 21.6 Å². The molecule has 0 saturated heterocycles. The first-order valence-electron chi connectivity index (χ1n) is 8.75. The van der Waals surface area contributed by atoms with Crippen molar-refractivity contribution in [3.8, 4) is 0 Å². The van der Waals surface area contributed by atoms with Crippen molar-refractivity contribution in [2.75, 3.05) is 13.7 Å². The monoisotopic (exact) mass is 358 g/mol. The van der Waals surface area contributed by atoms with Crippen molar-refractivity contribution in [1.29, 1.82) is 0 Å². The highest BCUT2D eigenvalue weighted by Gasteiger charge is 2.19. The Hall–Kier alpha value is -1.99. The maximum atomic E-state index is 13.1. The molecule has 3 aromatic rings. The Kier molecular flexibility index (Phi) is 4.67. The van der Waals surface area contributed by atoms with Gasteiger partial charge in [0.2, 0.25) is 0 Å². The van der Waals surface area contributed by atoms with E-state index in [1.54, 1.807) is 41.9 Å². The predicted octanol–water partition coefficient (Wildman–Crippen LogP) is 2.62. The summed E-state index contributed by atoms with van der Waals surface area (Å²) in [6.07, 6.45) is 11.0. The molecule has 0 radical (unpaired) electrons. The average Bonchev–Trinajstić information content (AvgIpc) is 3.13. The minimum atomic E-state index is 0.0730. The van der Waals surface area contributed by atoms with Crippen LogP contribution in [0.5, 0.6) is 0 Å². The van der Waals surface area contributed by atoms with E-state index in [4.69, 9.17) is 4.74 Å². The molecule has 0 aliphatic heterocycles. The van der Waals surface area contributed by atoms with Gasteiger partial charge in [-0.25, -0.2) is 9.97 Å². The van der Waals surface area contributed by atoms with Gasteiger partial charge < -0.3 is 9.30 Å². The van der Waals surface area contributed by atoms with E-state index in [1.807, 2.05) is 4.57 Å². The average molecular weight is 358 g/mol. The van der Waals surface area contributed by atoms with E-state index in [-0.39, 0.29) is 5.56 Å². The topological polar surface area (TPSA) is 61.9 Å². The zero-order valence-corrected chi connectivity index (χ0v) is 15.2. The first kappa shape index (κ1) is 16.5. The largest absolute Gasteiger partial charge is 0.383 e. The van der Waals surface area contributed by atoms with Crippen LogP contribution in [-0.2, 0) is 30.7 Å². The highest BCUT2D eigenvalue weighted by Crippen LogP contribution is 2.32. The number of imidazole rings is 1. The van der Waals surface area contributed by atoms with Gasteiger partial charge in [-0.3, -0.25) is 9.36 Å². The number of nitrogens with zero attached hydrogens (tertiary/aromatic N) is 4. The molecule has 6 nitrogen and oxygen atoms in total. The number of methoxy groups -OCH3 is 1. The van der Waals surface area contributed by atoms with Crippen LogP contribution >= 0.6 is 11.3 Å². The Balaban J connectivity index is 1.71. The molecule has 0 saturated carbocycles. The molecule has 0 N–H and O–H groups in total. The highest BCUT2D eigenvalue weighted by atomic mass is 32.1. The summed E-state index contributed by atoms with van der Waals surface area (Å²) in [5.74, 6) is 0. The first-order valence-corrected chi connectivity index (χ1v) is 9.57. The van der Waals surface area contributed by atoms with E-state index < -0.39 is 0 Å². The van der Waals surface area contributed by atoms with E-state index >= 15 is 0 Å².